The highest BCUT2D eigenvalue weighted by Crippen LogP contribution is 2.37. The lowest BCUT2D eigenvalue weighted by atomic mass is 10.0. The van der Waals surface area contributed by atoms with E-state index in [1.165, 1.54) is 11.5 Å². The van der Waals surface area contributed by atoms with Gasteiger partial charge in [0.1, 0.15) is 5.52 Å². The van der Waals surface area contributed by atoms with E-state index in [2.05, 4.69) is 115 Å². The van der Waals surface area contributed by atoms with Crippen LogP contribution in [-0.4, -0.2) is 9.59 Å². The fourth-order valence-electron chi connectivity index (χ4n) is 3.46. The van der Waals surface area contributed by atoms with Crippen LogP contribution in [0.1, 0.15) is 0 Å². The molecule has 1 aromatic heterocycles. The van der Waals surface area contributed by atoms with Gasteiger partial charge in [-0.15, -0.1) is 5.10 Å². The summed E-state index contributed by atoms with van der Waals surface area (Å²) < 4.78 is 6.23. The summed E-state index contributed by atoms with van der Waals surface area (Å²) in [5, 5.41) is 4.34. The summed E-state index contributed by atoms with van der Waals surface area (Å²) in [6, 6.07) is 33.6. The molecule has 0 bridgehead atoms. The van der Waals surface area contributed by atoms with Crippen molar-refractivity contribution in [1.29, 1.82) is 0 Å². The molecule has 140 valence electrons. The Morgan fingerprint density at radius 1 is 0.655 bits per heavy atom. The van der Waals surface area contributed by atoms with Gasteiger partial charge in [-0.1, -0.05) is 59.1 Å². The van der Waals surface area contributed by atoms with E-state index in [0.29, 0.717) is 0 Å². The molecule has 0 saturated carbocycles. The molecule has 0 atom stereocenters. The molecule has 3 nitrogen and oxygen atoms in total. The molecule has 0 aliphatic carbocycles. The predicted molar refractivity (Wildman–Crippen MR) is 125 cm³/mol. The van der Waals surface area contributed by atoms with Gasteiger partial charge in [0.15, 0.2) is 0 Å². The topological polar surface area (TPSA) is 29.0 Å². The molecule has 1 heterocycles. The zero-order valence-electron chi connectivity index (χ0n) is 15.4. The van der Waals surface area contributed by atoms with E-state index in [1.807, 2.05) is 12.1 Å². The number of hydrogen-bond acceptors (Lipinski definition) is 4. The molecule has 0 unspecified atom stereocenters. The molecule has 0 radical (unpaired) electrons. The molecule has 0 aliphatic rings. The molecule has 0 amide bonds. The van der Waals surface area contributed by atoms with Crippen LogP contribution in [0.15, 0.2) is 102 Å². The average molecular weight is 458 g/mol. The number of benzene rings is 4. The first kappa shape index (κ1) is 18.0. The fraction of sp³-hybridized carbons (Fsp3) is 0. The lowest BCUT2D eigenvalue weighted by Crippen LogP contribution is -2.09. The molecular formula is C24H16BrN3S. The molecular weight excluding hydrogens is 442 g/mol. The minimum atomic E-state index is 0.931. The number of halogens is 1. The molecule has 0 fully saturated rings. The van der Waals surface area contributed by atoms with Crippen molar-refractivity contribution in [2.45, 2.75) is 0 Å². The first-order chi connectivity index (χ1) is 14.3. The van der Waals surface area contributed by atoms with Gasteiger partial charge in [0.05, 0.1) is 4.70 Å². The maximum absolute atomic E-state index is 4.34. The molecule has 5 rings (SSSR count). The van der Waals surface area contributed by atoms with Gasteiger partial charge in [-0.2, -0.15) is 0 Å². The Hall–Kier alpha value is -3.02. The highest BCUT2D eigenvalue weighted by Gasteiger charge is 2.14. The van der Waals surface area contributed by atoms with Crippen molar-refractivity contribution in [3.8, 4) is 11.1 Å². The second-order valence-corrected chi connectivity index (χ2v) is 8.21. The van der Waals surface area contributed by atoms with Gasteiger partial charge in [-0.25, -0.2) is 0 Å². The van der Waals surface area contributed by atoms with Crippen LogP contribution < -0.4 is 4.90 Å². The third kappa shape index (κ3) is 3.43. The van der Waals surface area contributed by atoms with Crippen LogP contribution in [0.5, 0.6) is 0 Å². The van der Waals surface area contributed by atoms with Gasteiger partial charge in [-0.05, 0) is 75.5 Å². The van der Waals surface area contributed by atoms with Gasteiger partial charge >= 0.3 is 0 Å². The average Bonchev–Trinajstić information content (AvgIpc) is 3.28. The Bertz CT molecular complexity index is 1210. The second-order valence-electron chi connectivity index (χ2n) is 6.60. The van der Waals surface area contributed by atoms with Gasteiger partial charge in [0.2, 0.25) is 0 Å². The summed E-state index contributed by atoms with van der Waals surface area (Å²) in [5.74, 6) is 0. The number of hydrogen-bond donors (Lipinski definition) is 0. The monoisotopic (exact) mass is 457 g/mol. The molecule has 0 N–H and O–H groups in total. The molecule has 0 aliphatic heterocycles. The third-order valence-electron chi connectivity index (χ3n) is 4.82. The van der Waals surface area contributed by atoms with Crippen molar-refractivity contribution < 1.29 is 0 Å². The van der Waals surface area contributed by atoms with E-state index >= 15 is 0 Å². The molecule has 5 aromatic rings. The molecule has 4 aromatic carbocycles. The van der Waals surface area contributed by atoms with Crippen molar-refractivity contribution in [3.05, 3.63) is 102 Å². The minimum Gasteiger partial charge on any atom is -0.311 e. The quantitative estimate of drug-likeness (QED) is 0.278. The van der Waals surface area contributed by atoms with Crippen molar-refractivity contribution in [3.63, 3.8) is 0 Å². The smallest absolute Gasteiger partial charge is 0.114 e. The first-order valence-electron chi connectivity index (χ1n) is 9.22. The standard InChI is InChI=1S/C24H16BrN3S/c25-22-16-15-21(23-24(22)29-27-26-23)17-11-13-20(14-12-17)28(18-7-3-1-4-8-18)19-9-5-2-6-10-19/h1-16H. The lowest BCUT2D eigenvalue weighted by Gasteiger charge is -2.25. The molecule has 0 spiro atoms. The van der Waals surface area contributed by atoms with E-state index in [1.54, 1.807) is 0 Å². The Morgan fingerprint density at radius 3 is 1.86 bits per heavy atom. The number of aromatic nitrogens is 2. The van der Waals surface area contributed by atoms with Crippen LogP contribution in [0, 0.1) is 0 Å². The zero-order valence-corrected chi connectivity index (χ0v) is 17.8. The largest absolute Gasteiger partial charge is 0.311 e. The van der Waals surface area contributed by atoms with E-state index in [4.69, 9.17) is 0 Å². The van der Waals surface area contributed by atoms with E-state index < -0.39 is 0 Å². The number of anilines is 3. The van der Waals surface area contributed by atoms with Crippen LogP contribution in [0.3, 0.4) is 0 Å². The lowest BCUT2D eigenvalue weighted by molar-refractivity contribution is 1.20. The number of para-hydroxylation sites is 2. The van der Waals surface area contributed by atoms with Crippen LogP contribution in [0.4, 0.5) is 17.1 Å². The number of rotatable bonds is 4. The van der Waals surface area contributed by atoms with E-state index in [-0.39, 0.29) is 0 Å². The Balaban J connectivity index is 1.59. The predicted octanol–water partition coefficient (Wildman–Crippen LogP) is 7.59. The van der Waals surface area contributed by atoms with Crippen LogP contribution >= 0.6 is 27.5 Å². The maximum atomic E-state index is 4.34. The number of nitrogens with zero attached hydrogens (tertiary/aromatic N) is 3. The Morgan fingerprint density at radius 2 is 1.24 bits per heavy atom. The van der Waals surface area contributed by atoms with E-state index in [0.717, 1.165) is 42.9 Å². The second kappa shape index (κ2) is 7.78. The van der Waals surface area contributed by atoms with Gasteiger partial charge in [0, 0.05) is 27.1 Å². The summed E-state index contributed by atoms with van der Waals surface area (Å²) in [4.78, 5) is 2.26. The first-order valence-corrected chi connectivity index (χ1v) is 10.8. The van der Waals surface area contributed by atoms with Crippen molar-refractivity contribution >= 4 is 54.7 Å². The van der Waals surface area contributed by atoms with Gasteiger partial charge < -0.3 is 4.90 Å². The number of fused-ring (bicyclic) bond motifs is 1. The van der Waals surface area contributed by atoms with Crippen LogP contribution in [-0.2, 0) is 0 Å². The fourth-order valence-corrected chi connectivity index (χ4v) is 4.59. The van der Waals surface area contributed by atoms with Crippen molar-refractivity contribution in [1.82, 2.24) is 9.59 Å². The maximum Gasteiger partial charge on any atom is 0.114 e. The summed E-state index contributed by atoms with van der Waals surface area (Å²) in [7, 11) is 0. The van der Waals surface area contributed by atoms with Crippen LogP contribution in [0.25, 0.3) is 21.3 Å². The zero-order chi connectivity index (χ0) is 19.6. The summed E-state index contributed by atoms with van der Waals surface area (Å²) in [6.07, 6.45) is 0. The highest BCUT2D eigenvalue weighted by atomic mass is 79.9. The SMILES string of the molecule is Brc1ccc(-c2ccc(N(c3ccccc3)c3ccccc3)cc2)c2nnsc12. The summed E-state index contributed by atoms with van der Waals surface area (Å²) >= 11 is 5.00. The minimum absolute atomic E-state index is 0.931. The molecule has 0 saturated heterocycles. The van der Waals surface area contributed by atoms with Crippen LogP contribution in [0.2, 0.25) is 0 Å². The third-order valence-corrected chi connectivity index (χ3v) is 6.50. The van der Waals surface area contributed by atoms with Crippen molar-refractivity contribution in [2.24, 2.45) is 0 Å². The van der Waals surface area contributed by atoms with Crippen molar-refractivity contribution in [2.75, 3.05) is 4.90 Å². The van der Waals surface area contributed by atoms with Gasteiger partial charge in [-0.3, -0.25) is 0 Å². The normalized spacial score (nSPS) is 10.9. The Kier molecular flexibility index (Phi) is 4.84. The summed E-state index contributed by atoms with van der Waals surface area (Å²) in [5.41, 5.74) is 6.51. The van der Waals surface area contributed by atoms with Gasteiger partial charge in [0.25, 0.3) is 0 Å². The van der Waals surface area contributed by atoms with E-state index in [9.17, 15) is 0 Å². The Labute approximate surface area is 181 Å². The summed E-state index contributed by atoms with van der Waals surface area (Å²) in [6.45, 7) is 0. The molecule has 5 heteroatoms. The highest BCUT2D eigenvalue weighted by molar-refractivity contribution is 9.10. The molecule has 29 heavy (non-hydrogen) atoms.